The molecule has 2 aliphatic heterocycles. The lowest BCUT2D eigenvalue weighted by Crippen LogP contribution is -2.46. The maximum atomic E-state index is 11.9. The molecule has 0 saturated carbocycles. The van der Waals surface area contributed by atoms with E-state index in [0.29, 0.717) is 12.5 Å². The van der Waals surface area contributed by atoms with E-state index < -0.39 is 0 Å². The number of nitrogens with zero attached hydrogens (tertiary/aromatic N) is 2. The van der Waals surface area contributed by atoms with Gasteiger partial charge in [0.05, 0.1) is 25.7 Å². The number of hydrogen-bond acceptors (Lipinski definition) is 5. The largest absolute Gasteiger partial charge is 0.466 e. The van der Waals surface area contributed by atoms with Gasteiger partial charge in [0.15, 0.2) is 5.96 Å². The smallest absolute Gasteiger partial charge is 0.309 e. The predicted molar refractivity (Wildman–Crippen MR) is 101 cm³/mol. The summed E-state index contributed by atoms with van der Waals surface area (Å²) < 4.78 is 16.2. The predicted octanol–water partition coefficient (Wildman–Crippen LogP) is 1.67. The molecule has 7 heteroatoms. The van der Waals surface area contributed by atoms with Gasteiger partial charge in [-0.3, -0.25) is 9.79 Å². The summed E-state index contributed by atoms with van der Waals surface area (Å²) in [6, 6.07) is 0. The number of esters is 1. The Morgan fingerprint density at radius 1 is 1.27 bits per heavy atom. The molecule has 1 atom stereocenters. The quantitative estimate of drug-likeness (QED) is 0.288. The van der Waals surface area contributed by atoms with Crippen LogP contribution in [0.15, 0.2) is 4.99 Å². The molecule has 1 unspecified atom stereocenters. The van der Waals surface area contributed by atoms with Gasteiger partial charge in [0, 0.05) is 45.3 Å². The zero-order valence-electron chi connectivity index (χ0n) is 16.4. The first-order valence-electron chi connectivity index (χ1n) is 10.1. The molecule has 0 amide bonds. The fourth-order valence-corrected chi connectivity index (χ4v) is 3.33. The maximum Gasteiger partial charge on any atom is 0.309 e. The molecule has 26 heavy (non-hydrogen) atoms. The second-order valence-electron chi connectivity index (χ2n) is 6.91. The van der Waals surface area contributed by atoms with Crippen LogP contribution >= 0.6 is 0 Å². The van der Waals surface area contributed by atoms with Crippen LogP contribution in [0.1, 0.15) is 39.5 Å². The van der Waals surface area contributed by atoms with Gasteiger partial charge in [-0.15, -0.1) is 0 Å². The summed E-state index contributed by atoms with van der Waals surface area (Å²) in [5.41, 5.74) is 0. The Labute approximate surface area is 157 Å². The van der Waals surface area contributed by atoms with Crippen LogP contribution in [0.2, 0.25) is 0 Å². The second-order valence-corrected chi connectivity index (χ2v) is 6.91. The first-order valence-corrected chi connectivity index (χ1v) is 10.1. The molecule has 0 aromatic heterocycles. The number of hydrogen-bond donors (Lipinski definition) is 1. The summed E-state index contributed by atoms with van der Waals surface area (Å²) in [4.78, 5) is 18.8. The molecule has 0 spiro atoms. The molecule has 7 nitrogen and oxygen atoms in total. The highest BCUT2D eigenvalue weighted by Crippen LogP contribution is 2.18. The third kappa shape index (κ3) is 7.11. The van der Waals surface area contributed by atoms with Gasteiger partial charge in [-0.25, -0.2) is 0 Å². The minimum absolute atomic E-state index is 0.0297. The second kappa shape index (κ2) is 12.1. The van der Waals surface area contributed by atoms with Gasteiger partial charge < -0.3 is 24.4 Å². The van der Waals surface area contributed by atoms with E-state index in [1.807, 2.05) is 6.92 Å². The van der Waals surface area contributed by atoms with E-state index >= 15 is 0 Å². The van der Waals surface area contributed by atoms with Crippen LogP contribution in [0.3, 0.4) is 0 Å². The van der Waals surface area contributed by atoms with E-state index in [-0.39, 0.29) is 11.9 Å². The standard InChI is InChI=1S/C19H35N3O4/c1-3-20-19(21-9-5-12-24-14-16-8-13-25-15-16)22-10-6-17(7-11-22)18(23)26-4-2/h16-17H,3-15H2,1-2H3,(H,20,21). The molecule has 2 saturated heterocycles. The summed E-state index contributed by atoms with van der Waals surface area (Å²) in [7, 11) is 0. The molecule has 2 rings (SSSR count). The number of likely N-dealkylation sites (tertiary alicyclic amines) is 1. The lowest BCUT2D eigenvalue weighted by Gasteiger charge is -2.33. The van der Waals surface area contributed by atoms with Crippen molar-refractivity contribution in [1.82, 2.24) is 10.2 Å². The number of rotatable bonds is 9. The minimum Gasteiger partial charge on any atom is -0.466 e. The molecule has 2 fully saturated rings. The fourth-order valence-electron chi connectivity index (χ4n) is 3.33. The highest BCUT2D eigenvalue weighted by molar-refractivity contribution is 5.80. The molecule has 0 aliphatic carbocycles. The van der Waals surface area contributed by atoms with E-state index in [2.05, 4.69) is 17.1 Å². The average molecular weight is 370 g/mol. The van der Waals surface area contributed by atoms with Crippen molar-refractivity contribution in [2.75, 3.05) is 59.2 Å². The summed E-state index contributed by atoms with van der Waals surface area (Å²) in [6.45, 7) is 10.9. The molecule has 0 radical (unpaired) electrons. The highest BCUT2D eigenvalue weighted by Gasteiger charge is 2.27. The first kappa shape index (κ1) is 21.0. The molecule has 150 valence electrons. The topological polar surface area (TPSA) is 72.4 Å². The van der Waals surface area contributed by atoms with E-state index in [4.69, 9.17) is 19.2 Å². The Morgan fingerprint density at radius 3 is 2.73 bits per heavy atom. The molecule has 0 aromatic carbocycles. The average Bonchev–Trinajstić information content (AvgIpc) is 3.17. The number of guanidine groups is 1. The monoisotopic (exact) mass is 369 g/mol. The van der Waals surface area contributed by atoms with Crippen molar-refractivity contribution >= 4 is 11.9 Å². The van der Waals surface area contributed by atoms with Gasteiger partial charge in [0.1, 0.15) is 0 Å². The zero-order chi connectivity index (χ0) is 18.6. The van der Waals surface area contributed by atoms with Gasteiger partial charge >= 0.3 is 5.97 Å². The third-order valence-electron chi connectivity index (χ3n) is 4.84. The normalized spacial score (nSPS) is 21.8. The molecule has 2 aliphatic rings. The van der Waals surface area contributed by atoms with Crippen LogP contribution in [0.25, 0.3) is 0 Å². The zero-order valence-corrected chi connectivity index (χ0v) is 16.4. The van der Waals surface area contributed by atoms with E-state index in [1.54, 1.807) is 0 Å². The van der Waals surface area contributed by atoms with Gasteiger partial charge in [-0.1, -0.05) is 0 Å². The van der Waals surface area contributed by atoms with Crippen LogP contribution in [-0.4, -0.2) is 76.0 Å². The summed E-state index contributed by atoms with van der Waals surface area (Å²) in [5, 5.41) is 3.36. The molecular weight excluding hydrogens is 334 g/mol. The number of nitrogens with one attached hydrogen (secondary N) is 1. The maximum absolute atomic E-state index is 11.9. The summed E-state index contributed by atoms with van der Waals surface area (Å²) in [6.07, 6.45) is 3.69. The third-order valence-corrected chi connectivity index (χ3v) is 4.84. The van der Waals surface area contributed by atoms with Crippen LogP contribution in [0, 0.1) is 11.8 Å². The number of aliphatic imine (C=N–C) groups is 1. The molecule has 0 aromatic rings. The van der Waals surface area contributed by atoms with Crippen molar-refractivity contribution in [1.29, 1.82) is 0 Å². The fraction of sp³-hybridized carbons (Fsp3) is 0.895. The Hall–Kier alpha value is -1.34. The van der Waals surface area contributed by atoms with Crippen molar-refractivity contribution in [2.45, 2.75) is 39.5 Å². The van der Waals surface area contributed by atoms with Crippen molar-refractivity contribution in [3.8, 4) is 0 Å². The minimum atomic E-state index is -0.0566. The highest BCUT2D eigenvalue weighted by atomic mass is 16.5. The van der Waals surface area contributed by atoms with E-state index in [9.17, 15) is 4.79 Å². The Morgan fingerprint density at radius 2 is 2.08 bits per heavy atom. The van der Waals surface area contributed by atoms with Crippen molar-refractivity contribution in [2.24, 2.45) is 16.8 Å². The van der Waals surface area contributed by atoms with Gasteiger partial charge in [0.2, 0.25) is 0 Å². The van der Waals surface area contributed by atoms with Gasteiger partial charge in [-0.2, -0.15) is 0 Å². The molecular formula is C19H35N3O4. The van der Waals surface area contributed by atoms with Crippen LogP contribution < -0.4 is 5.32 Å². The number of piperidine rings is 1. The molecule has 1 N–H and O–H groups in total. The van der Waals surface area contributed by atoms with Crippen molar-refractivity contribution in [3.05, 3.63) is 0 Å². The van der Waals surface area contributed by atoms with Crippen LogP contribution in [-0.2, 0) is 19.0 Å². The summed E-state index contributed by atoms with van der Waals surface area (Å²) in [5.74, 6) is 1.48. The summed E-state index contributed by atoms with van der Waals surface area (Å²) >= 11 is 0. The number of carbonyl (C=O) groups is 1. The molecule has 2 heterocycles. The van der Waals surface area contributed by atoms with Crippen molar-refractivity contribution in [3.63, 3.8) is 0 Å². The van der Waals surface area contributed by atoms with E-state index in [1.165, 1.54) is 0 Å². The van der Waals surface area contributed by atoms with Crippen LogP contribution in [0.4, 0.5) is 0 Å². The van der Waals surface area contributed by atoms with Gasteiger partial charge in [0.25, 0.3) is 0 Å². The Bertz CT molecular complexity index is 431. The SMILES string of the molecule is CCNC(=NCCCOCC1CCOC1)N1CCC(C(=O)OCC)CC1. The van der Waals surface area contributed by atoms with Gasteiger partial charge in [-0.05, 0) is 39.5 Å². The van der Waals surface area contributed by atoms with Crippen LogP contribution in [0.5, 0.6) is 0 Å². The lowest BCUT2D eigenvalue weighted by molar-refractivity contribution is -0.149. The number of ether oxygens (including phenoxy) is 3. The Kier molecular flexibility index (Phi) is 9.77. The Balaban J connectivity index is 1.66. The first-order chi connectivity index (χ1) is 12.7. The molecule has 0 bridgehead atoms. The lowest BCUT2D eigenvalue weighted by atomic mass is 9.97. The number of carbonyl (C=O) groups excluding carboxylic acids is 1. The van der Waals surface area contributed by atoms with E-state index in [0.717, 1.165) is 84.2 Å². The van der Waals surface area contributed by atoms with Crippen molar-refractivity contribution < 1.29 is 19.0 Å².